The fraction of sp³-hybridized carbons (Fsp3) is 0.261. The summed E-state index contributed by atoms with van der Waals surface area (Å²) in [5.41, 5.74) is 1.06. The van der Waals surface area contributed by atoms with Crippen molar-refractivity contribution in [2.24, 2.45) is 0 Å². The third-order valence-corrected chi connectivity index (χ3v) is 5.26. The number of carbonyl (C=O) groups excluding carboxylic acids is 1. The number of halogens is 2. The molecule has 156 valence electrons. The molecule has 2 aromatic carbocycles. The van der Waals surface area contributed by atoms with Crippen LogP contribution in [0.25, 0.3) is 0 Å². The van der Waals surface area contributed by atoms with E-state index in [9.17, 15) is 9.18 Å². The van der Waals surface area contributed by atoms with E-state index in [1.807, 2.05) is 12.1 Å². The quantitative estimate of drug-likeness (QED) is 0.575. The van der Waals surface area contributed by atoms with Crippen molar-refractivity contribution in [3.05, 3.63) is 88.6 Å². The molecule has 5 nitrogen and oxygen atoms in total. The van der Waals surface area contributed by atoms with Crippen LogP contribution in [-0.2, 0) is 13.2 Å². The Bertz CT molecular complexity index is 998. The second-order valence-corrected chi connectivity index (χ2v) is 7.64. The highest BCUT2D eigenvalue weighted by Crippen LogP contribution is 2.20. The molecule has 0 atom stereocenters. The fourth-order valence-electron chi connectivity index (χ4n) is 3.39. The van der Waals surface area contributed by atoms with Gasteiger partial charge in [-0.1, -0.05) is 29.8 Å². The summed E-state index contributed by atoms with van der Waals surface area (Å²) in [4.78, 5) is 16.8. The van der Waals surface area contributed by atoms with Crippen LogP contribution in [0.2, 0.25) is 5.02 Å². The van der Waals surface area contributed by atoms with Crippen molar-refractivity contribution < 1.29 is 18.3 Å². The van der Waals surface area contributed by atoms with Gasteiger partial charge in [0.15, 0.2) is 5.76 Å². The van der Waals surface area contributed by atoms with Crippen LogP contribution >= 0.6 is 11.6 Å². The van der Waals surface area contributed by atoms with E-state index in [0.29, 0.717) is 35.4 Å². The molecule has 2 heterocycles. The van der Waals surface area contributed by atoms with Gasteiger partial charge >= 0.3 is 0 Å². The fourth-order valence-corrected chi connectivity index (χ4v) is 3.57. The molecule has 0 N–H and O–H groups in total. The van der Waals surface area contributed by atoms with Crippen LogP contribution in [0.5, 0.6) is 5.75 Å². The number of nitrogens with zero attached hydrogens (tertiary/aromatic N) is 2. The summed E-state index contributed by atoms with van der Waals surface area (Å²) < 4.78 is 24.4. The summed E-state index contributed by atoms with van der Waals surface area (Å²) in [5.74, 6) is 1.18. The van der Waals surface area contributed by atoms with Gasteiger partial charge in [0, 0.05) is 37.7 Å². The Balaban J connectivity index is 1.27. The van der Waals surface area contributed by atoms with E-state index < -0.39 is 0 Å². The monoisotopic (exact) mass is 428 g/mol. The number of furan rings is 1. The zero-order valence-electron chi connectivity index (χ0n) is 16.4. The van der Waals surface area contributed by atoms with Gasteiger partial charge in [-0.2, -0.15) is 0 Å². The molecule has 7 heteroatoms. The molecule has 0 bridgehead atoms. The molecule has 0 unspecified atom stereocenters. The molecule has 4 rings (SSSR count). The lowest BCUT2D eigenvalue weighted by atomic mass is 10.2. The van der Waals surface area contributed by atoms with Crippen molar-refractivity contribution in [1.82, 2.24) is 9.80 Å². The van der Waals surface area contributed by atoms with E-state index in [1.165, 1.54) is 12.1 Å². The van der Waals surface area contributed by atoms with Gasteiger partial charge < -0.3 is 14.1 Å². The molecule has 1 aliphatic rings. The molecule has 3 aromatic rings. The second-order valence-electron chi connectivity index (χ2n) is 7.21. The summed E-state index contributed by atoms with van der Waals surface area (Å²) in [6.07, 6.45) is 0. The number of benzene rings is 2. The highest BCUT2D eigenvalue weighted by Gasteiger charge is 2.24. The third kappa shape index (κ3) is 5.20. The summed E-state index contributed by atoms with van der Waals surface area (Å²) in [5, 5.41) is 0.599. The summed E-state index contributed by atoms with van der Waals surface area (Å²) in [6, 6.07) is 17.1. The smallest absolute Gasteiger partial charge is 0.289 e. The number of carbonyl (C=O) groups is 1. The van der Waals surface area contributed by atoms with Crippen LogP contribution in [-0.4, -0.2) is 41.9 Å². The van der Waals surface area contributed by atoms with E-state index in [2.05, 4.69) is 4.90 Å². The van der Waals surface area contributed by atoms with Crippen molar-refractivity contribution >= 4 is 17.5 Å². The first-order valence-electron chi connectivity index (χ1n) is 9.80. The van der Waals surface area contributed by atoms with Crippen LogP contribution in [0.4, 0.5) is 4.39 Å². The summed E-state index contributed by atoms with van der Waals surface area (Å²) in [6.45, 7) is 3.72. The minimum Gasteiger partial charge on any atom is -0.486 e. The molecule has 0 spiro atoms. The first kappa shape index (κ1) is 20.4. The number of hydrogen-bond acceptors (Lipinski definition) is 4. The van der Waals surface area contributed by atoms with Crippen LogP contribution in [0.3, 0.4) is 0 Å². The minimum absolute atomic E-state index is 0.120. The molecule has 1 aliphatic heterocycles. The van der Waals surface area contributed by atoms with Crippen molar-refractivity contribution in [2.45, 2.75) is 13.2 Å². The largest absolute Gasteiger partial charge is 0.486 e. The molecule has 1 amide bonds. The molecule has 0 aliphatic carbocycles. The highest BCUT2D eigenvalue weighted by molar-refractivity contribution is 6.30. The number of rotatable bonds is 6. The maximum Gasteiger partial charge on any atom is 0.289 e. The molecule has 1 aromatic heterocycles. The van der Waals surface area contributed by atoms with Gasteiger partial charge in [-0.05, 0) is 48.0 Å². The summed E-state index contributed by atoms with van der Waals surface area (Å²) in [7, 11) is 0. The van der Waals surface area contributed by atoms with E-state index in [-0.39, 0.29) is 18.3 Å². The van der Waals surface area contributed by atoms with Crippen LogP contribution < -0.4 is 4.74 Å². The number of ether oxygens (including phenoxy) is 1. The Morgan fingerprint density at radius 2 is 1.80 bits per heavy atom. The predicted molar refractivity (Wildman–Crippen MR) is 112 cm³/mol. The Kier molecular flexibility index (Phi) is 6.35. The van der Waals surface area contributed by atoms with Crippen molar-refractivity contribution in [1.29, 1.82) is 0 Å². The van der Waals surface area contributed by atoms with Gasteiger partial charge in [0.2, 0.25) is 0 Å². The van der Waals surface area contributed by atoms with Crippen molar-refractivity contribution in [3.63, 3.8) is 0 Å². The highest BCUT2D eigenvalue weighted by atomic mass is 35.5. The molecule has 30 heavy (non-hydrogen) atoms. The lowest BCUT2D eigenvalue weighted by Gasteiger charge is -2.34. The van der Waals surface area contributed by atoms with Crippen molar-refractivity contribution in [2.75, 3.05) is 26.2 Å². The van der Waals surface area contributed by atoms with Gasteiger partial charge in [0.1, 0.15) is 23.9 Å². The van der Waals surface area contributed by atoms with E-state index >= 15 is 0 Å². The van der Waals surface area contributed by atoms with Gasteiger partial charge in [-0.25, -0.2) is 4.39 Å². The molecular formula is C23H22ClFN2O3. The van der Waals surface area contributed by atoms with E-state index in [0.717, 1.165) is 25.2 Å². The predicted octanol–water partition coefficient (Wildman–Crippen LogP) is 4.61. The maximum absolute atomic E-state index is 13.0. The second kappa shape index (κ2) is 9.32. The number of hydrogen-bond donors (Lipinski definition) is 0. The van der Waals surface area contributed by atoms with E-state index in [1.54, 1.807) is 41.3 Å². The molecule has 0 saturated carbocycles. The zero-order chi connectivity index (χ0) is 20.9. The Morgan fingerprint density at radius 3 is 2.53 bits per heavy atom. The Hall–Kier alpha value is -2.83. The van der Waals surface area contributed by atoms with Gasteiger partial charge in [-0.15, -0.1) is 0 Å². The van der Waals surface area contributed by atoms with Gasteiger partial charge in [0.25, 0.3) is 5.91 Å². The Morgan fingerprint density at radius 1 is 1.03 bits per heavy atom. The SMILES string of the molecule is O=C(c1ccc(COc2cccc(Cl)c2)o1)N1CCN(Cc2ccc(F)cc2)CC1. The molecule has 0 radical (unpaired) electrons. The normalized spacial score (nSPS) is 14.7. The standard InChI is InChI=1S/C23H22ClFN2O3/c24-18-2-1-3-20(14-18)29-16-21-8-9-22(30-21)23(28)27-12-10-26(11-13-27)15-17-4-6-19(25)7-5-17/h1-9,14H,10-13,15-16H2. The van der Waals surface area contributed by atoms with Crippen LogP contribution in [0.15, 0.2) is 65.1 Å². The Labute approximate surface area is 179 Å². The van der Waals surface area contributed by atoms with Gasteiger partial charge in [0.05, 0.1) is 0 Å². The van der Waals surface area contributed by atoms with Gasteiger partial charge in [-0.3, -0.25) is 9.69 Å². The zero-order valence-corrected chi connectivity index (χ0v) is 17.1. The first-order valence-corrected chi connectivity index (χ1v) is 10.2. The summed E-state index contributed by atoms with van der Waals surface area (Å²) >= 11 is 5.95. The van der Waals surface area contributed by atoms with Crippen molar-refractivity contribution in [3.8, 4) is 5.75 Å². The molecule has 1 fully saturated rings. The average molecular weight is 429 g/mol. The number of amides is 1. The number of piperazine rings is 1. The first-order chi connectivity index (χ1) is 14.6. The van der Waals surface area contributed by atoms with Crippen LogP contribution in [0.1, 0.15) is 21.9 Å². The topological polar surface area (TPSA) is 45.9 Å². The minimum atomic E-state index is -0.232. The molecular weight excluding hydrogens is 407 g/mol. The third-order valence-electron chi connectivity index (χ3n) is 5.03. The van der Waals surface area contributed by atoms with E-state index in [4.69, 9.17) is 20.8 Å². The lowest BCUT2D eigenvalue weighted by Crippen LogP contribution is -2.48. The molecule has 1 saturated heterocycles. The average Bonchev–Trinajstić information content (AvgIpc) is 3.23. The lowest BCUT2D eigenvalue weighted by molar-refractivity contribution is 0.0594. The maximum atomic E-state index is 13.0. The van der Waals surface area contributed by atoms with Crippen LogP contribution in [0, 0.1) is 5.82 Å².